The van der Waals surface area contributed by atoms with Crippen molar-refractivity contribution in [2.45, 2.75) is 25.0 Å². The molecule has 2 N–H and O–H groups in total. The molecule has 15 heavy (non-hydrogen) atoms. The lowest BCUT2D eigenvalue weighted by Crippen LogP contribution is -2.38. The van der Waals surface area contributed by atoms with Gasteiger partial charge in [0.1, 0.15) is 0 Å². The van der Waals surface area contributed by atoms with Gasteiger partial charge in [0.15, 0.2) is 0 Å². The summed E-state index contributed by atoms with van der Waals surface area (Å²) in [6.45, 7) is 3.68. The normalized spacial score (nSPS) is 19.6. The highest BCUT2D eigenvalue weighted by Crippen LogP contribution is 2.27. The van der Waals surface area contributed by atoms with Gasteiger partial charge in [-0.05, 0) is 32.2 Å². The lowest BCUT2D eigenvalue weighted by Gasteiger charge is -2.10. The molecule has 1 fully saturated rings. The first-order valence-corrected chi connectivity index (χ1v) is 7.01. The number of rotatable bonds is 7. The lowest BCUT2D eigenvalue weighted by atomic mass is 10.4. The molecule has 0 aromatic carbocycles. The molecule has 0 spiro atoms. The topological polar surface area (TPSA) is 58.2 Å². The fourth-order valence-corrected chi connectivity index (χ4v) is 1.47. The summed E-state index contributed by atoms with van der Waals surface area (Å²) in [5.41, 5.74) is 0. The summed E-state index contributed by atoms with van der Waals surface area (Å²) in [6.07, 6.45) is 4.24. The zero-order valence-corrected chi connectivity index (χ0v) is 10.2. The average molecular weight is 232 g/mol. The highest BCUT2D eigenvalue weighted by molar-refractivity contribution is 7.84. The van der Waals surface area contributed by atoms with Crippen LogP contribution in [0.15, 0.2) is 0 Å². The Kier molecular flexibility index (Phi) is 5.25. The fraction of sp³-hybridized carbons (Fsp3) is 0.900. The Morgan fingerprint density at radius 3 is 2.73 bits per heavy atom. The summed E-state index contributed by atoms with van der Waals surface area (Å²) in [7, 11) is -0.865. The molecule has 1 amide bonds. The van der Waals surface area contributed by atoms with Gasteiger partial charge >= 0.3 is 0 Å². The Labute approximate surface area is 93.7 Å². The van der Waals surface area contributed by atoms with Crippen LogP contribution in [0.4, 0.5) is 0 Å². The van der Waals surface area contributed by atoms with Crippen LogP contribution in [0.3, 0.4) is 0 Å². The molecule has 1 aliphatic carbocycles. The van der Waals surface area contributed by atoms with Crippen LogP contribution in [-0.4, -0.2) is 41.3 Å². The molecule has 5 heteroatoms. The standard InChI is InChI=1S/C10H20N2O2S/c1-8(15(2)14)5-12-10(13)7-11-6-9-3-4-9/h8-9,11H,3-7H2,1-2H3,(H,12,13). The van der Waals surface area contributed by atoms with E-state index in [0.29, 0.717) is 13.1 Å². The second-order valence-corrected chi connectivity index (χ2v) is 5.99. The van der Waals surface area contributed by atoms with Gasteiger partial charge < -0.3 is 10.6 Å². The Morgan fingerprint density at radius 1 is 1.53 bits per heavy atom. The van der Waals surface area contributed by atoms with E-state index in [0.717, 1.165) is 12.5 Å². The third kappa shape index (κ3) is 5.89. The van der Waals surface area contributed by atoms with Crippen molar-refractivity contribution in [2.24, 2.45) is 5.92 Å². The first-order chi connectivity index (χ1) is 7.09. The third-order valence-corrected chi connectivity index (χ3v) is 3.87. The van der Waals surface area contributed by atoms with E-state index in [9.17, 15) is 9.00 Å². The van der Waals surface area contributed by atoms with Gasteiger partial charge in [0.05, 0.1) is 6.54 Å². The minimum absolute atomic E-state index is 0.00653. The van der Waals surface area contributed by atoms with Crippen molar-refractivity contribution in [1.82, 2.24) is 10.6 Å². The molecule has 1 rings (SSSR count). The van der Waals surface area contributed by atoms with E-state index in [-0.39, 0.29) is 11.2 Å². The van der Waals surface area contributed by atoms with Gasteiger partial charge in [-0.3, -0.25) is 9.00 Å². The molecule has 2 unspecified atom stereocenters. The molecule has 0 heterocycles. The second kappa shape index (κ2) is 6.23. The maximum Gasteiger partial charge on any atom is 0.233 e. The number of hydrogen-bond donors (Lipinski definition) is 2. The summed E-state index contributed by atoms with van der Waals surface area (Å²) in [5, 5.41) is 5.90. The molecule has 2 atom stereocenters. The number of carbonyl (C=O) groups excluding carboxylic acids is 1. The Balaban J connectivity index is 1.99. The maximum absolute atomic E-state index is 11.3. The van der Waals surface area contributed by atoms with Crippen LogP contribution in [0.2, 0.25) is 0 Å². The first kappa shape index (κ1) is 12.6. The molecule has 0 aromatic rings. The molecular weight excluding hydrogens is 212 g/mol. The van der Waals surface area contributed by atoms with Crippen molar-refractivity contribution < 1.29 is 9.00 Å². The van der Waals surface area contributed by atoms with Gasteiger partial charge in [0, 0.05) is 28.9 Å². The predicted molar refractivity (Wildman–Crippen MR) is 62.1 cm³/mol. The number of carbonyl (C=O) groups is 1. The van der Waals surface area contributed by atoms with E-state index < -0.39 is 10.8 Å². The van der Waals surface area contributed by atoms with Crippen LogP contribution in [0, 0.1) is 5.92 Å². The SMILES string of the molecule is CC(CNC(=O)CNCC1CC1)S(C)=O. The highest BCUT2D eigenvalue weighted by atomic mass is 32.2. The van der Waals surface area contributed by atoms with Gasteiger partial charge in [-0.2, -0.15) is 0 Å². The molecule has 0 radical (unpaired) electrons. The van der Waals surface area contributed by atoms with E-state index >= 15 is 0 Å². The predicted octanol–water partition coefficient (Wildman–Crippen LogP) is -0.131. The van der Waals surface area contributed by atoms with E-state index in [2.05, 4.69) is 10.6 Å². The first-order valence-electron chi connectivity index (χ1n) is 5.39. The molecule has 1 saturated carbocycles. The zero-order chi connectivity index (χ0) is 11.3. The highest BCUT2D eigenvalue weighted by Gasteiger charge is 2.20. The van der Waals surface area contributed by atoms with Gasteiger partial charge in [-0.15, -0.1) is 0 Å². The van der Waals surface area contributed by atoms with Gasteiger partial charge in [-0.1, -0.05) is 0 Å². The molecule has 88 valence electrons. The number of amides is 1. The smallest absolute Gasteiger partial charge is 0.233 e. The minimum Gasteiger partial charge on any atom is -0.354 e. The van der Waals surface area contributed by atoms with Crippen LogP contribution >= 0.6 is 0 Å². The fourth-order valence-electron chi connectivity index (χ4n) is 1.15. The van der Waals surface area contributed by atoms with Crippen molar-refractivity contribution in [3.63, 3.8) is 0 Å². The molecular formula is C10H20N2O2S. The molecule has 0 aliphatic heterocycles. The summed E-state index contributed by atoms with van der Waals surface area (Å²) in [6, 6.07) is 0. The van der Waals surface area contributed by atoms with Gasteiger partial charge in [0.2, 0.25) is 5.91 Å². The Bertz CT molecular complexity index is 242. The van der Waals surface area contributed by atoms with E-state index in [4.69, 9.17) is 0 Å². The maximum atomic E-state index is 11.3. The van der Waals surface area contributed by atoms with E-state index in [1.54, 1.807) is 6.26 Å². The summed E-state index contributed by atoms with van der Waals surface area (Å²) in [4.78, 5) is 11.3. The Morgan fingerprint density at radius 2 is 2.20 bits per heavy atom. The molecule has 0 aromatic heterocycles. The van der Waals surface area contributed by atoms with Crippen LogP contribution in [0.1, 0.15) is 19.8 Å². The van der Waals surface area contributed by atoms with Crippen molar-refractivity contribution in [3.8, 4) is 0 Å². The van der Waals surface area contributed by atoms with Crippen molar-refractivity contribution in [3.05, 3.63) is 0 Å². The van der Waals surface area contributed by atoms with Crippen LogP contribution in [0.25, 0.3) is 0 Å². The molecule has 1 aliphatic rings. The molecule has 0 bridgehead atoms. The van der Waals surface area contributed by atoms with Crippen LogP contribution in [-0.2, 0) is 15.6 Å². The van der Waals surface area contributed by atoms with Crippen molar-refractivity contribution in [1.29, 1.82) is 0 Å². The van der Waals surface area contributed by atoms with E-state index in [1.807, 2.05) is 6.92 Å². The average Bonchev–Trinajstić information content (AvgIpc) is 2.97. The summed E-state index contributed by atoms with van der Waals surface area (Å²) in [5.74, 6) is 0.785. The van der Waals surface area contributed by atoms with Gasteiger partial charge in [0.25, 0.3) is 0 Å². The third-order valence-electron chi connectivity index (χ3n) is 2.57. The molecule has 0 saturated heterocycles. The van der Waals surface area contributed by atoms with Gasteiger partial charge in [-0.25, -0.2) is 0 Å². The largest absolute Gasteiger partial charge is 0.354 e. The number of nitrogens with one attached hydrogen (secondary N) is 2. The van der Waals surface area contributed by atoms with Crippen LogP contribution in [0.5, 0.6) is 0 Å². The summed E-state index contributed by atoms with van der Waals surface area (Å²) >= 11 is 0. The van der Waals surface area contributed by atoms with E-state index in [1.165, 1.54) is 12.8 Å². The zero-order valence-electron chi connectivity index (χ0n) is 9.41. The number of hydrogen-bond acceptors (Lipinski definition) is 3. The second-order valence-electron chi connectivity index (χ2n) is 4.19. The lowest BCUT2D eigenvalue weighted by molar-refractivity contribution is -0.120. The van der Waals surface area contributed by atoms with Crippen molar-refractivity contribution in [2.75, 3.05) is 25.9 Å². The van der Waals surface area contributed by atoms with Crippen molar-refractivity contribution >= 4 is 16.7 Å². The summed E-state index contributed by atoms with van der Waals surface area (Å²) < 4.78 is 11.0. The minimum atomic E-state index is -0.865. The Hall–Kier alpha value is -0.420. The molecule has 4 nitrogen and oxygen atoms in total. The van der Waals surface area contributed by atoms with Crippen LogP contribution < -0.4 is 10.6 Å². The monoisotopic (exact) mass is 232 g/mol. The quantitative estimate of drug-likeness (QED) is 0.643.